The molecule has 2 amide bonds. The molecule has 6 atom stereocenters. The van der Waals surface area contributed by atoms with Crippen molar-refractivity contribution in [3.63, 3.8) is 0 Å². The van der Waals surface area contributed by atoms with Gasteiger partial charge in [-0.3, -0.25) is 28.5 Å². The van der Waals surface area contributed by atoms with Gasteiger partial charge in [0.15, 0.2) is 5.78 Å². The summed E-state index contributed by atoms with van der Waals surface area (Å²) >= 11 is 1.63. The average Bonchev–Trinajstić information content (AvgIpc) is 3.99. The van der Waals surface area contributed by atoms with Crippen LogP contribution in [0.25, 0.3) is 21.6 Å². The van der Waals surface area contributed by atoms with Crippen molar-refractivity contribution in [2.45, 2.75) is 179 Å². The summed E-state index contributed by atoms with van der Waals surface area (Å²) in [7, 11) is -3.98. The number of fused-ring (bicyclic) bond motifs is 1. The van der Waals surface area contributed by atoms with Gasteiger partial charge in [0.05, 0.1) is 40.4 Å². The van der Waals surface area contributed by atoms with Crippen LogP contribution in [0.4, 0.5) is 0 Å². The number of unbranched alkanes of at least 4 members (excludes halogenated alkanes) is 3. The maximum atomic E-state index is 15.1. The highest BCUT2D eigenvalue weighted by Gasteiger charge is 2.63. The van der Waals surface area contributed by atoms with Crippen LogP contribution in [0.5, 0.6) is 6.01 Å². The molecule has 1 aliphatic heterocycles. The number of para-hydroxylation sites is 1. The topological polar surface area (TPSA) is 167 Å². The fraction of sp³-hybridized carbons (Fsp3) is 0.647. The predicted octanol–water partition coefficient (Wildman–Crippen LogP) is 10.0. The fourth-order valence-corrected chi connectivity index (χ4v) is 12.4. The van der Waals surface area contributed by atoms with Crippen LogP contribution in [0.15, 0.2) is 48.9 Å². The van der Waals surface area contributed by atoms with E-state index in [0.717, 1.165) is 59.4 Å². The highest BCUT2D eigenvalue weighted by Crippen LogP contribution is 2.57. The summed E-state index contributed by atoms with van der Waals surface area (Å²) in [5.74, 6) is -3.30. The van der Waals surface area contributed by atoms with Crippen LogP contribution >= 0.6 is 11.3 Å². The summed E-state index contributed by atoms with van der Waals surface area (Å²) in [6, 6.07) is 5.31. The molecule has 66 heavy (non-hydrogen) atoms. The van der Waals surface area contributed by atoms with Crippen molar-refractivity contribution in [1.82, 2.24) is 24.2 Å². The molecule has 3 heterocycles. The highest BCUT2D eigenvalue weighted by atomic mass is 32.2. The number of allylic oxidation sites excluding steroid dienone is 2. The molecule has 3 aromatic rings. The minimum absolute atomic E-state index is 0.0277. The largest absolute Gasteiger partial charge is 0.460 e. The maximum absolute atomic E-state index is 15.1. The van der Waals surface area contributed by atoms with Gasteiger partial charge in [-0.2, -0.15) is 4.98 Å². The second-order valence-corrected chi connectivity index (χ2v) is 24.1. The summed E-state index contributed by atoms with van der Waals surface area (Å²) in [6.45, 7) is 20.7. The van der Waals surface area contributed by atoms with E-state index in [1.54, 1.807) is 50.0 Å². The van der Waals surface area contributed by atoms with Crippen LogP contribution in [0, 0.1) is 23.2 Å². The van der Waals surface area contributed by atoms with E-state index in [9.17, 15) is 18.0 Å². The number of likely N-dealkylation sites (tertiary alicyclic amines) is 1. The van der Waals surface area contributed by atoms with Gasteiger partial charge in [-0.05, 0) is 111 Å². The number of benzene rings is 1. The van der Waals surface area contributed by atoms with Gasteiger partial charge >= 0.3 is 5.97 Å². The first kappa shape index (κ1) is 49.5. The number of thiazole rings is 1. The second-order valence-electron chi connectivity index (χ2n) is 21.0. The van der Waals surface area contributed by atoms with Crippen molar-refractivity contribution in [3.8, 4) is 16.6 Å². The Morgan fingerprint density at radius 2 is 1.77 bits per heavy atom. The van der Waals surface area contributed by atoms with E-state index >= 15 is 9.59 Å². The Morgan fingerprint density at radius 3 is 2.41 bits per heavy atom. The minimum Gasteiger partial charge on any atom is -0.460 e. The number of sulfonamides is 1. The van der Waals surface area contributed by atoms with Crippen molar-refractivity contribution in [2.24, 2.45) is 23.2 Å². The molecule has 1 saturated heterocycles. The van der Waals surface area contributed by atoms with E-state index in [1.807, 2.05) is 35.8 Å². The Labute approximate surface area is 395 Å². The SMILES string of the molecule is C=CCCCCC[C@H](CC(=O)OC(C)(C)C)C(=O)N1C[C@H](Oc2nc3c(-c4nc(C5CCCCC5)cs4)cccc3n2C(C)C)[C@@H](C)[C@H]1C(=O)C[C@]1(C(=O)NS(=O)(=O)C2(C)CC2)C[C@H]1C=C. The zero-order valence-electron chi connectivity index (χ0n) is 40.1. The number of nitrogens with one attached hydrogen (secondary N) is 1. The molecule has 1 N–H and O–H groups in total. The number of carbonyl (C=O) groups is 4. The van der Waals surface area contributed by atoms with Gasteiger partial charge in [0.1, 0.15) is 22.2 Å². The molecule has 15 heteroatoms. The monoisotopic (exact) mass is 945 g/mol. The van der Waals surface area contributed by atoms with Crippen molar-refractivity contribution in [3.05, 3.63) is 54.6 Å². The number of ketones is 1. The molecule has 4 aliphatic rings. The lowest BCUT2D eigenvalue weighted by Gasteiger charge is -2.30. The van der Waals surface area contributed by atoms with Crippen molar-refractivity contribution < 1.29 is 37.1 Å². The Kier molecular flexibility index (Phi) is 14.8. The van der Waals surface area contributed by atoms with Gasteiger partial charge in [-0.15, -0.1) is 24.5 Å². The zero-order chi connectivity index (χ0) is 47.8. The van der Waals surface area contributed by atoms with Gasteiger partial charge in [0.25, 0.3) is 6.01 Å². The van der Waals surface area contributed by atoms with Gasteiger partial charge in [-0.25, -0.2) is 13.4 Å². The molecule has 3 saturated carbocycles. The van der Waals surface area contributed by atoms with Crippen LogP contribution < -0.4 is 9.46 Å². The highest BCUT2D eigenvalue weighted by molar-refractivity contribution is 7.91. The standard InChI is InChI=1S/C51H71N5O8S2/c1-10-12-13-14-16-22-35(27-42(58)64-49(6,7)8)46(59)55-30-41(33(5)44(55)40(57)29-51(28-36(51)11-2)47(60)54-66(61,62)50(9)25-26-50)63-48-53-43-37(23-19-24-39(43)56(48)32(3)4)45-52-38(31-65-45)34-20-17-15-18-21-34/h10-11,19,23-24,31-36,41,44H,1-2,12-18,20-22,25-30H2,3-9H3,(H,54,60)/t33-,35-,36-,41+,44+,51-/m1/s1. The number of Topliss-reactive ketones (excluding diaryl/α,β-unsaturated/α-hetero) is 1. The molecule has 13 nitrogen and oxygen atoms in total. The molecule has 0 bridgehead atoms. The number of hydrogen-bond donors (Lipinski definition) is 1. The summed E-state index contributed by atoms with van der Waals surface area (Å²) in [6.07, 6.45) is 13.1. The number of nitrogens with zero attached hydrogens (tertiary/aromatic N) is 4. The molecule has 7 rings (SSSR count). The van der Waals surface area contributed by atoms with E-state index in [2.05, 4.69) is 37.1 Å². The van der Waals surface area contributed by atoms with Gasteiger partial charge in [-0.1, -0.05) is 57.2 Å². The van der Waals surface area contributed by atoms with E-state index in [4.69, 9.17) is 19.4 Å². The molecule has 360 valence electrons. The molecule has 1 aromatic carbocycles. The Balaban J connectivity index is 1.22. The van der Waals surface area contributed by atoms with Gasteiger partial charge < -0.3 is 14.4 Å². The quantitative estimate of drug-likeness (QED) is 0.0617. The number of aromatic nitrogens is 3. The normalized spacial score (nSPS) is 24.5. The van der Waals surface area contributed by atoms with Crippen molar-refractivity contribution in [1.29, 1.82) is 0 Å². The molecule has 0 spiro atoms. The summed E-state index contributed by atoms with van der Waals surface area (Å²) in [5, 5.41) is 3.08. The predicted molar refractivity (Wildman–Crippen MR) is 258 cm³/mol. The Morgan fingerprint density at radius 1 is 1.05 bits per heavy atom. The number of imidazole rings is 1. The number of esters is 1. The summed E-state index contributed by atoms with van der Waals surface area (Å²) < 4.78 is 42.5. The third kappa shape index (κ3) is 10.5. The van der Waals surface area contributed by atoms with Gasteiger partial charge in [0.2, 0.25) is 21.8 Å². The Hall–Kier alpha value is -4.37. The number of ether oxygens (including phenoxy) is 2. The fourth-order valence-electron chi connectivity index (χ4n) is 10.2. The van der Waals surface area contributed by atoms with Crippen LogP contribution in [-0.4, -0.2) is 80.5 Å². The molecule has 0 unspecified atom stereocenters. The van der Waals surface area contributed by atoms with E-state index < -0.39 is 67.6 Å². The van der Waals surface area contributed by atoms with Crippen LogP contribution in [0.1, 0.15) is 162 Å². The molecule has 2 aromatic heterocycles. The zero-order valence-corrected chi connectivity index (χ0v) is 41.7. The maximum Gasteiger partial charge on any atom is 0.307 e. The third-order valence-electron chi connectivity index (χ3n) is 14.5. The average molecular weight is 946 g/mol. The van der Waals surface area contributed by atoms with E-state index in [0.29, 0.717) is 37.6 Å². The molecular weight excluding hydrogens is 875 g/mol. The number of carbonyl (C=O) groups excluding carboxylic acids is 4. The van der Waals surface area contributed by atoms with Crippen LogP contribution in [0.2, 0.25) is 0 Å². The van der Waals surface area contributed by atoms with E-state index in [1.165, 1.54) is 19.3 Å². The third-order valence-corrected chi connectivity index (χ3v) is 17.5. The molecule has 4 fully saturated rings. The molecule has 0 radical (unpaired) electrons. The second kappa shape index (κ2) is 19.7. The van der Waals surface area contributed by atoms with Crippen molar-refractivity contribution >= 4 is 56.0 Å². The molecule has 3 aliphatic carbocycles. The number of hydrogen-bond acceptors (Lipinski definition) is 11. The Bertz CT molecular complexity index is 2420. The van der Waals surface area contributed by atoms with Crippen LogP contribution in [-0.2, 0) is 33.9 Å². The first-order valence-corrected chi connectivity index (χ1v) is 26.6. The summed E-state index contributed by atoms with van der Waals surface area (Å²) in [4.78, 5) is 69.4. The lowest BCUT2D eigenvalue weighted by atomic mass is 9.87. The van der Waals surface area contributed by atoms with Crippen LogP contribution in [0.3, 0.4) is 0 Å². The minimum atomic E-state index is -3.98. The first-order chi connectivity index (χ1) is 31.2. The van der Waals surface area contributed by atoms with Crippen molar-refractivity contribution in [2.75, 3.05) is 6.54 Å². The lowest BCUT2D eigenvalue weighted by Crippen LogP contribution is -2.48. The smallest absolute Gasteiger partial charge is 0.307 e. The number of amides is 2. The molecular formula is C51H71N5O8S2. The number of rotatable bonds is 21. The van der Waals surface area contributed by atoms with Gasteiger partial charge in [0, 0.05) is 41.2 Å². The summed E-state index contributed by atoms with van der Waals surface area (Å²) in [5.41, 5.74) is 1.57. The lowest BCUT2D eigenvalue weighted by molar-refractivity contribution is -0.159. The van der Waals surface area contributed by atoms with E-state index in [-0.39, 0.29) is 43.5 Å². The first-order valence-electron chi connectivity index (χ1n) is 24.2.